The van der Waals surface area contributed by atoms with Crippen molar-refractivity contribution in [2.45, 2.75) is 0 Å². The van der Waals surface area contributed by atoms with E-state index in [0.29, 0.717) is 0 Å². The van der Waals surface area contributed by atoms with Gasteiger partial charge >= 0.3 is 11.2 Å². The molecule has 0 saturated heterocycles. The molecule has 1 aromatic carbocycles. The average Bonchev–Trinajstić information content (AvgIpc) is 2.18. The van der Waals surface area contributed by atoms with Gasteiger partial charge in [-0.05, 0) is 23.7 Å². The van der Waals surface area contributed by atoms with E-state index in [1.165, 1.54) is 12.1 Å². The Morgan fingerprint density at radius 2 is 1.80 bits per heavy atom. The van der Waals surface area contributed by atoms with Gasteiger partial charge in [0.25, 0.3) is 5.69 Å². The van der Waals surface area contributed by atoms with Gasteiger partial charge in [-0.15, -0.1) is 0 Å². The smallest absolute Gasteiger partial charge is 0.396 e. The number of nitro benzene ring substituents is 1. The van der Waals surface area contributed by atoms with Crippen LogP contribution in [0.15, 0.2) is 24.3 Å². The molecule has 0 bridgehead atoms. The number of benzene rings is 1. The molecule has 6 nitrogen and oxygen atoms in total. The van der Waals surface area contributed by atoms with Crippen LogP contribution < -0.4 is 4.74 Å². The van der Waals surface area contributed by atoms with Crippen molar-refractivity contribution >= 4 is 28.5 Å². The van der Waals surface area contributed by atoms with Crippen LogP contribution in [-0.4, -0.2) is 16.1 Å². The molecule has 78 valence electrons. The lowest BCUT2D eigenvalue weighted by atomic mass is 10.3. The Bertz CT molecular complexity index is 414. The SMILES string of the molecule is O=C(Cl)C(=O)Oc1ccc([N+](=O)[O-])cc1. The third-order valence-electron chi connectivity index (χ3n) is 1.42. The Balaban J connectivity index is 2.77. The molecule has 1 aromatic rings. The number of rotatable bonds is 3. The van der Waals surface area contributed by atoms with Crippen LogP contribution in [0.5, 0.6) is 5.75 Å². The number of halogens is 1. The van der Waals surface area contributed by atoms with E-state index in [1.807, 2.05) is 0 Å². The minimum Gasteiger partial charge on any atom is -0.420 e. The highest BCUT2D eigenvalue weighted by molar-refractivity contribution is 6.80. The van der Waals surface area contributed by atoms with Crippen LogP contribution in [0.25, 0.3) is 0 Å². The fraction of sp³-hybridized carbons (Fsp3) is 0. The maximum Gasteiger partial charge on any atom is 0.396 e. The first-order valence-electron chi connectivity index (χ1n) is 3.67. The molecule has 0 radical (unpaired) electrons. The van der Waals surface area contributed by atoms with Crippen molar-refractivity contribution in [2.75, 3.05) is 0 Å². The van der Waals surface area contributed by atoms with Crippen LogP contribution in [0.1, 0.15) is 0 Å². The Kier molecular flexibility index (Phi) is 3.35. The highest BCUT2D eigenvalue weighted by atomic mass is 35.5. The summed E-state index contributed by atoms with van der Waals surface area (Å²) >= 11 is 4.84. The van der Waals surface area contributed by atoms with E-state index in [4.69, 9.17) is 11.6 Å². The summed E-state index contributed by atoms with van der Waals surface area (Å²) in [4.78, 5) is 30.7. The fourth-order valence-corrected chi connectivity index (χ4v) is 0.822. The van der Waals surface area contributed by atoms with Gasteiger partial charge in [0.05, 0.1) is 4.92 Å². The van der Waals surface area contributed by atoms with E-state index in [2.05, 4.69) is 4.74 Å². The molecular formula is C8H4ClNO5. The van der Waals surface area contributed by atoms with Gasteiger partial charge in [-0.2, -0.15) is 0 Å². The molecule has 0 unspecified atom stereocenters. The summed E-state index contributed by atoms with van der Waals surface area (Å²) < 4.78 is 4.47. The summed E-state index contributed by atoms with van der Waals surface area (Å²) in [7, 11) is 0. The minimum absolute atomic E-state index is 0.0135. The first-order valence-corrected chi connectivity index (χ1v) is 4.04. The topological polar surface area (TPSA) is 86.5 Å². The molecule has 0 aliphatic heterocycles. The van der Waals surface area contributed by atoms with Crippen LogP contribution in [0.2, 0.25) is 0 Å². The van der Waals surface area contributed by atoms with Crippen LogP contribution in [0, 0.1) is 10.1 Å². The molecule has 0 spiro atoms. The van der Waals surface area contributed by atoms with E-state index in [9.17, 15) is 19.7 Å². The second kappa shape index (κ2) is 4.52. The normalized spacial score (nSPS) is 9.40. The summed E-state index contributed by atoms with van der Waals surface area (Å²) in [6.07, 6.45) is 0. The molecule has 0 N–H and O–H groups in total. The number of carbonyl (C=O) groups excluding carboxylic acids is 2. The number of non-ortho nitro benzene ring substituents is 1. The van der Waals surface area contributed by atoms with E-state index in [-0.39, 0.29) is 11.4 Å². The lowest BCUT2D eigenvalue weighted by Crippen LogP contribution is -2.14. The van der Waals surface area contributed by atoms with Gasteiger partial charge in [0.1, 0.15) is 5.75 Å². The Morgan fingerprint density at radius 3 is 2.20 bits per heavy atom. The molecule has 0 aliphatic carbocycles. The van der Waals surface area contributed by atoms with Gasteiger partial charge < -0.3 is 4.74 Å². The second-order valence-electron chi connectivity index (χ2n) is 2.41. The van der Waals surface area contributed by atoms with Crippen molar-refractivity contribution in [3.05, 3.63) is 34.4 Å². The maximum atomic E-state index is 10.7. The molecule has 0 saturated carbocycles. The number of carbonyl (C=O) groups is 2. The number of hydrogen-bond donors (Lipinski definition) is 0. The molecule has 7 heteroatoms. The molecule has 0 fully saturated rings. The van der Waals surface area contributed by atoms with E-state index in [1.54, 1.807) is 0 Å². The number of esters is 1. The summed E-state index contributed by atoms with van der Waals surface area (Å²) in [5.74, 6) is -1.22. The third-order valence-corrected chi connectivity index (χ3v) is 1.57. The monoisotopic (exact) mass is 229 g/mol. The van der Waals surface area contributed by atoms with Crippen LogP contribution >= 0.6 is 11.6 Å². The minimum atomic E-state index is -1.26. The fourth-order valence-electron chi connectivity index (χ4n) is 0.783. The largest absolute Gasteiger partial charge is 0.420 e. The highest BCUT2D eigenvalue weighted by Crippen LogP contribution is 2.17. The van der Waals surface area contributed by atoms with Gasteiger partial charge in [0.2, 0.25) is 0 Å². The zero-order chi connectivity index (χ0) is 11.4. The number of nitro groups is 1. The Labute approximate surface area is 88.6 Å². The van der Waals surface area contributed by atoms with Crippen molar-refractivity contribution < 1.29 is 19.2 Å². The standard InChI is InChI=1S/C8H4ClNO5/c9-7(11)8(12)15-6-3-1-5(2-4-6)10(13)14/h1-4H. The number of ether oxygens (including phenoxy) is 1. The molecule has 0 amide bonds. The summed E-state index contributed by atoms with van der Waals surface area (Å²) in [6, 6.07) is 4.66. The van der Waals surface area contributed by atoms with Crippen molar-refractivity contribution in [3.8, 4) is 5.75 Å². The first-order chi connectivity index (χ1) is 7.00. The zero-order valence-corrected chi connectivity index (χ0v) is 7.93. The first kappa shape index (κ1) is 11.1. The number of hydrogen-bond acceptors (Lipinski definition) is 5. The van der Waals surface area contributed by atoms with Crippen molar-refractivity contribution in [1.82, 2.24) is 0 Å². The third kappa shape index (κ3) is 3.03. The van der Waals surface area contributed by atoms with Gasteiger partial charge in [-0.25, -0.2) is 4.79 Å². The van der Waals surface area contributed by atoms with Crippen LogP contribution in [0.4, 0.5) is 5.69 Å². The van der Waals surface area contributed by atoms with Crippen molar-refractivity contribution in [3.63, 3.8) is 0 Å². The maximum absolute atomic E-state index is 10.7. The Hall–Kier alpha value is -1.95. The summed E-state index contributed by atoms with van der Waals surface area (Å²) in [5, 5.41) is 9.01. The molecule has 0 aliphatic rings. The highest BCUT2D eigenvalue weighted by Gasteiger charge is 2.13. The van der Waals surface area contributed by atoms with Crippen molar-refractivity contribution in [1.29, 1.82) is 0 Å². The van der Waals surface area contributed by atoms with Gasteiger partial charge in [-0.3, -0.25) is 14.9 Å². The van der Waals surface area contributed by atoms with Crippen LogP contribution in [-0.2, 0) is 9.59 Å². The zero-order valence-electron chi connectivity index (χ0n) is 7.18. The van der Waals surface area contributed by atoms with Crippen LogP contribution in [0.3, 0.4) is 0 Å². The van der Waals surface area contributed by atoms with E-state index in [0.717, 1.165) is 12.1 Å². The van der Waals surface area contributed by atoms with Gasteiger partial charge in [0.15, 0.2) is 0 Å². The van der Waals surface area contributed by atoms with Gasteiger partial charge in [-0.1, -0.05) is 0 Å². The van der Waals surface area contributed by atoms with Crippen molar-refractivity contribution in [2.24, 2.45) is 0 Å². The molecule has 1 rings (SSSR count). The lowest BCUT2D eigenvalue weighted by Gasteiger charge is -1.99. The summed E-state index contributed by atoms with van der Waals surface area (Å²) in [5.41, 5.74) is -0.146. The predicted molar refractivity (Wildman–Crippen MR) is 49.6 cm³/mol. The molecule has 0 heterocycles. The lowest BCUT2D eigenvalue weighted by molar-refractivity contribution is -0.384. The molecule has 0 aromatic heterocycles. The van der Waals surface area contributed by atoms with E-state index >= 15 is 0 Å². The molecule has 15 heavy (non-hydrogen) atoms. The number of nitrogens with zero attached hydrogens (tertiary/aromatic N) is 1. The second-order valence-corrected chi connectivity index (χ2v) is 2.76. The quantitative estimate of drug-likeness (QED) is 0.194. The predicted octanol–water partition coefficient (Wildman–Crippen LogP) is 1.27. The molecular weight excluding hydrogens is 226 g/mol. The Morgan fingerprint density at radius 1 is 1.27 bits per heavy atom. The average molecular weight is 230 g/mol. The van der Waals surface area contributed by atoms with Gasteiger partial charge in [0, 0.05) is 12.1 Å². The van der Waals surface area contributed by atoms with E-state index < -0.39 is 16.1 Å². The molecule has 0 atom stereocenters. The summed E-state index contributed by atoms with van der Waals surface area (Å²) in [6.45, 7) is 0.